The van der Waals surface area contributed by atoms with E-state index in [1.54, 1.807) is 0 Å². The zero-order valence-corrected chi connectivity index (χ0v) is 29.1. The van der Waals surface area contributed by atoms with Crippen LogP contribution >= 0.6 is 0 Å². The van der Waals surface area contributed by atoms with Crippen molar-refractivity contribution < 1.29 is 4.42 Å². The van der Waals surface area contributed by atoms with E-state index in [1.165, 1.54) is 54.6 Å². The van der Waals surface area contributed by atoms with Crippen molar-refractivity contribution in [3.63, 3.8) is 0 Å². The Hall–Kier alpha value is -7.30. The highest BCUT2D eigenvalue weighted by Gasteiger charge is 2.21. The number of hydrogen-bond acceptors (Lipinski definition) is 1. The minimum atomic E-state index is 0.869. The molecule has 12 rings (SSSR count). The fourth-order valence-electron chi connectivity index (χ4n) is 8.89. The van der Waals surface area contributed by atoms with E-state index in [0.29, 0.717) is 0 Å². The Labute approximate surface area is 309 Å². The third-order valence-corrected chi connectivity index (χ3v) is 11.2. The van der Waals surface area contributed by atoms with Crippen LogP contribution in [0.15, 0.2) is 192 Å². The molecule has 4 heteroatoms. The van der Waals surface area contributed by atoms with Crippen molar-refractivity contribution in [3.05, 3.63) is 188 Å². The van der Waals surface area contributed by atoms with E-state index in [1.807, 2.05) is 6.07 Å². The lowest BCUT2D eigenvalue weighted by molar-refractivity contribution is 0.645. The fraction of sp³-hybridized carbons (Fsp3) is 0. The first-order chi connectivity index (χ1) is 26.8. The number of rotatable bonds is 4. The normalized spacial score (nSPS) is 12.1. The van der Waals surface area contributed by atoms with Crippen LogP contribution in [0.25, 0.3) is 105 Å². The smallest absolute Gasteiger partial charge is 0.213 e. The standard InChI is InChI=1S/C50H31N3O/c1-3-13-34(14-4-1)51-46-30-33(32-24-28-45-42(29-32)49-41-19-9-12-22-48(41)54-50(49)53(45)35-15-5-2-6-16-35)23-26-39(46)40-27-25-36(31-47(40)51)52-43-20-10-7-17-37(43)38-18-8-11-21-44(38)52/h1-31H. The molecule has 0 radical (unpaired) electrons. The second kappa shape index (κ2) is 11.1. The predicted octanol–water partition coefficient (Wildman–Crippen LogP) is 13.4. The van der Waals surface area contributed by atoms with Gasteiger partial charge < -0.3 is 13.6 Å². The molecule has 0 bridgehead atoms. The quantitative estimate of drug-likeness (QED) is 0.181. The average molecular weight is 690 g/mol. The monoisotopic (exact) mass is 689 g/mol. The second-order valence-corrected chi connectivity index (χ2v) is 14.2. The highest BCUT2D eigenvalue weighted by molar-refractivity contribution is 6.21. The Balaban J connectivity index is 1.10. The van der Waals surface area contributed by atoms with Crippen molar-refractivity contribution in [2.75, 3.05) is 0 Å². The SMILES string of the molecule is c1ccc(-n2c3cc(-c4ccc5c(c4)c4c6ccccc6oc4n5-c4ccccc4)ccc3c3ccc(-n4c5ccccc5c5ccccc54)cc32)cc1. The first kappa shape index (κ1) is 29.3. The van der Waals surface area contributed by atoms with Crippen LogP contribution in [0.1, 0.15) is 0 Å². The molecule has 8 aromatic carbocycles. The Morgan fingerprint density at radius 1 is 0.296 bits per heavy atom. The topological polar surface area (TPSA) is 27.9 Å². The molecule has 0 aliphatic heterocycles. The van der Waals surface area contributed by atoms with Crippen LogP contribution in [0.2, 0.25) is 0 Å². The number of fused-ring (bicyclic) bond motifs is 11. The third kappa shape index (κ3) is 4.08. The highest BCUT2D eigenvalue weighted by Crippen LogP contribution is 2.42. The molecule has 4 heterocycles. The van der Waals surface area contributed by atoms with Crippen LogP contribution in [0, 0.1) is 0 Å². The van der Waals surface area contributed by atoms with E-state index in [-0.39, 0.29) is 0 Å². The predicted molar refractivity (Wildman–Crippen MR) is 225 cm³/mol. The molecule has 0 N–H and O–H groups in total. The van der Waals surface area contributed by atoms with Crippen LogP contribution in [-0.4, -0.2) is 13.7 Å². The van der Waals surface area contributed by atoms with Crippen LogP contribution in [0.3, 0.4) is 0 Å². The molecule has 4 aromatic heterocycles. The highest BCUT2D eigenvalue weighted by atomic mass is 16.3. The van der Waals surface area contributed by atoms with Gasteiger partial charge in [-0.3, -0.25) is 4.57 Å². The van der Waals surface area contributed by atoms with E-state index in [9.17, 15) is 0 Å². The number of benzene rings is 8. The van der Waals surface area contributed by atoms with E-state index < -0.39 is 0 Å². The summed E-state index contributed by atoms with van der Waals surface area (Å²) in [6, 6.07) is 67.7. The van der Waals surface area contributed by atoms with Crippen LogP contribution in [-0.2, 0) is 0 Å². The van der Waals surface area contributed by atoms with Gasteiger partial charge in [0.25, 0.3) is 0 Å². The Morgan fingerprint density at radius 2 is 0.796 bits per heavy atom. The first-order valence-electron chi connectivity index (χ1n) is 18.4. The van der Waals surface area contributed by atoms with Gasteiger partial charge in [-0.05, 0) is 83.9 Å². The van der Waals surface area contributed by atoms with Gasteiger partial charge in [-0.2, -0.15) is 0 Å². The number of aromatic nitrogens is 3. The number of para-hydroxylation sites is 5. The molecule has 0 amide bonds. The lowest BCUT2D eigenvalue weighted by Gasteiger charge is -2.11. The molecule has 0 unspecified atom stereocenters. The Bertz CT molecular complexity index is 3380. The van der Waals surface area contributed by atoms with E-state index in [2.05, 4.69) is 196 Å². The van der Waals surface area contributed by atoms with Gasteiger partial charge in [0.15, 0.2) is 0 Å². The van der Waals surface area contributed by atoms with Gasteiger partial charge in [0.1, 0.15) is 5.58 Å². The summed E-state index contributed by atoms with van der Waals surface area (Å²) in [4.78, 5) is 0. The van der Waals surface area contributed by atoms with Gasteiger partial charge in [0.05, 0.1) is 33.0 Å². The summed E-state index contributed by atoms with van der Waals surface area (Å²) in [5, 5.41) is 8.43. The molecule has 12 aromatic rings. The van der Waals surface area contributed by atoms with Gasteiger partial charge in [0.2, 0.25) is 5.71 Å². The summed E-state index contributed by atoms with van der Waals surface area (Å²) in [5.74, 6) is 0. The summed E-state index contributed by atoms with van der Waals surface area (Å²) in [6.45, 7) is 0. The first-order valence-corrected chi connectivity index (χ1v) is 18.4. The zero-order chi connectivity index (χ0) is 35.3. The third-order valence-electron chi connectivity index (χ3n) is 11.2. The second-order valence-electron chi connectivity index (χ2n) is 14.2. The maximum Gasteiger partial charge on any atom is 0.213 e. The largest absolute Gasteiger partial charge is 0.439 e. The van der Waals surface area contributed by atoms with Crippen molar-refractivity contribution in [1.29, 1.82) is 0 Å². The number of hydrogen-bond donors (Lipinski definition) is 0. The Morgan fingerprint density at radius 3 is 1.52 bits per heavy atom. The van der Waals surface area contributed by atoms with Gasteiger partial charge >= 0.3 is 0 Å². The minimum Gasteiger partial charge on any atom is -0.439 e. The molecule has 0 atom stereocenters. The van der Waals surface area contributed by atoms with Crippen molar-refractivity contribution in [2.24, 2.45) is 0 Å². The molecule has 0 aliphatic carbocycles. The fourth-order valence-corrected chi connectivity index (χ4v) is 8.89. The van der Waals surface area contributed by atoms with Crippen LogP contribution in [0.5, 0.6) is 0 Å². The van der Waals surface area contributed by atoms with Gasteiger partial charge in [0, 0.05) is 49.4 Å². The molecule has 54 heavy (non-hydrogen) atoms. The van der Waals surface area contributed by atoms with Gasteiger partial charge in [-0.25, -0.2) is 0 Å². The zero-order valence-electron chi connectivity index (χ0n) is 29.1. The maximum absolute atomic E-state index is 6.57. The van der Waals surface area contributed by atoms with Crippen molar-refractivity contribution >= 4 is 76.6 Å². The Kier molecular flexibility index (Phi) is 6.02. The van der Waals surface area contributed by atoms with Crippen molar-refractivity contribution in [2.45, 2.75) is 0 Å². The van der Waals surface area contributed by atoms with E-state index in [4.69, 9.17) is 4.42 Å². The van der Waals surface area contributed by atoms with E-state index >= 15 is 0 Å². The number of nitrogens with zero attached hydrogens (tertiary/aromatic N) is 3. The maximum atomic E-state index is 6.57. The number of furan rings is 1. The molecule has 252 valence electrons. The van der Waals surface area contributed by atoms with Gasteiger partial charge in [-0.15, -0.1) is 0 Å². The van der Waals surface area contributed by atoms with E-state index in [0.717, 1.165) is 50.2 Å². The van der Waals surface area contributed by atoms with Gasteiger partial charge in [-0.1, -0.05) is 115 Å². The molecular formula is C50H31N3O. The molecule has 0 aliphatic rings. The average Bonchev–Trinajstić information content (AvgIpc) is 3.96. The van der Waals surface area contributed by atoms with Crippen LogP contribution < -0.4 is 0 Å². The molecular weight excluding hydrogens is 659 g/mol. The van der Waals surface area contributed by atoms with Crippen LogP contribution in [0.4, 0.5) is 0 Å². The molecule has 4 nitrogen and oxygen atoms in total. The lowest BCUT2D eigenvalue weighted by Crippen LogP contribution is -1.97. The lowest BCUT2D eigenvalue weighted by atomic mass is 10.0. The summed E-state index contributed by atoms with van der Waals surface area (Å²) in [6.07, 6.45) is 0. The summed E-state index contributed by atoms with van der Waals surface area (Å²) >= 11 is 0. The molecule has 0 saturated carbocycles. The molecule has 0 spiro atoms. The van der Waals surface area contributed by atoms with Crippen molar-refractivity contribution in [1.82, 2.24) is 13.7 Å². The van der Waals surface area contributed by atoms with Crippen molar-refractivity contribution in [3.8, 4) is 28.2 Å². The molecule has 0 saturated heterocycles. The molecule has 0 fully saturated rings. The summed E-state index contributed by atoms with van der Waals surface area (Å²) in [7, 11) is 0. The summed E-state index contributed by atoms with van der Waals surface area (Å²) < 4.78 is 13.6. The summed E-state index contributed by atoms with van der Waals surface area (Å²) in [5.41, 5.74) is 13.3. The minimum absolute atomic E-state index is 0.869.